The van der Waals surface area contributed by atoms with E-state index >= 15 is 0 Å². The molecule has 0 bridgehead atoms. The number of aromatic nitrogens is 6. The maximum absolute atomic E-state index is 4.88. The summed E-state index contributed by atoms with van der Waals surface area (Å²) in [6, 6.07) is 12.2. The first-order valence-corrected chi connectivity index (χ1v) is 11.4. The Balaban J connectivity index is 1.42. The van der Waals surface area contributed by atoms with Gasteiger partial charge in [0.2, 0.25) is 0 Å². The maximum atomic E-state index is 4.88. The van der Waals surface area contributed by atoms with Crippen molar-refractivity contribution in [3.05, 3.63) is 84.5 Å². The summed E-state index contributed by atoms with van der Waals surface area (Å²) in [4.78, 5) is 26.4. The van der Waals surface area contributed by atoms with Crippen molar-refractivity contribution in [3.8, 4) is 22.5 Å². The summed E-state index contributed by atoms with van der Waals surface area (Å²) in [5, 5.41) is 8.00. The van der Waals surface area contributed by atoms with Crippen LogP contribution >= 0.6 is 0 Å². The van der Waals surface area contributed by atoms with Gasteiger partial charge in [-0.25, -0.2) is 4.98 Å². The summed E-state index contributed by atoms with van der Waals surface area (Å²) in [5.74, 6) is 0.644. The number of hydrogen-bond donors (Lipinski definition) is 3. The Hall–Kier alpha value is -4.66. The van der Waals surface area contributed by atoms with Gasteiger partial charge in [0.05, 0.1) is 29.1 Å². The van der Waals surface area contributed by atoms with Gasteiger partial charge >= 0.3 is 0 Å². The molecule has 1 aliphatic rings. The van der Waals surface area contributed by atoms with Crippen LogP contribution in [0.25, 0.3) is 33.5 Å². The highest BCUT2D eigenvalue weighted by atomic mass is 15.3. The van der Waals surface area contributed by atoms with Gasteiger partial charge in [0.1, 0.15) is 16.9 Å². The van der Waals surface area contributed by atoms with Gasteiger partial charge in [0.25, 0.3) is 0 Å². The van der Waals surface area contributed by atoms with E-state index in [9.17, 15) is 0 Å². The van der Waals surface area contributed by atoms with Gasteiger partial charge in [0, 0.05) is 53.7 Å². The van der Waals surface area contributed by atoms with Crippen molar-refractivity contribution in [2.45, 2.75) is 26.4 Å². The number of hydrogen-bond acceptors (Lipinski definition) is 8. The minimum absolute atomic E-state index is 0.317. The number of nitrogens with one attached hydrogen (secondary N) is 3. The van der Waals surface area contributed by atoms with Crippen LogP contribution in [0.15, 0.2) is 72.5 Å². The van der Waals surface area contributed by atoms with Crippen molar-refractivity contribution < 1.29 is 0 Å². The summed E-state index contributed by atoms with van der Waals surface area (Å²) in [6.07, 6.45) is 9.06. The number of fused-ring (bicyclic) bond motifs is 2. The molecule has 0 atom stereocenters. The molecule has 5 aromatic rings. The molecule has 35 heavy (non-hydrogen) atoms. The quantitative estimate of drug-likeness (QED) is 0.360. The van der Waals surface area contributed by atoms with E-state index in [1.807, 2.05) is 42.9 Å². The second-order valence-electron chi connectivity index (χ2n) is 8.63. The van der Waals surface area contributed by atoms with Gasteiger partial charge < -0.3 is 15.7 Å². The zero-order valence-electron chi connectivity index (χ0n) is 19.3. The first kappa shape index (κ1) is 20.9. The van der Waals surface area contributed by atoms with Gasteiger partial charge in [-0.15, -0.1) is 0 Å². The summed E-state index contributed by atoms with van der Waals surface area (Å²) in [7, 11) is 0. The van der Waals surface area contributed by atoms with Crippen molar-refractivity contribution in [3.63, 3.8) is 0 Å². The van der Waals surface area contributed by atoms with E-state index in [4.69, 9.17) is 9.97 Å². The first-order valence-electron chi connectivity index (χ1n) is 11.4. The highest BCUT2D eigenvalue weighted by Gasteiger charge is 2.22. The maximum Gasteiger partial charge on any atom is 0.159 e. The van der Waals surface area contributed by atoms with Gasteiger partial charge in [-0.3, -0.25) is 19.9 Å². The summed E-state index contributed by atoms with van der Waals surface area (Å²) in [6.45, 7) is 4.75. The van der Waals surface area contributed by atoms with E-state index in [2.05, 4.69) is 61.8 Å². The number of hydrazone groups is 1. The lowest BCUT2D eigenvalue weighted by Crippen LogP contribution is -2.23. The molecule has 172 valence electrons. The smallest absolute Gasteiger partial charge is 0.159 e. The molecule has 6 rings (SSSR count). The molecule has 0 unspecified atom stereocenters. The van der Waals surface area contributed by atoms with Crippen LogP contribution in [0, 0.1) is 0 Å². The average Bonchev–Trinajstić information content (AvgIpc) is 3.33. The van der Waals surface area contributed by atoms with Gasteiger partial charge in [-0.1, -0.05) is 6.07 Å². The Kier molecular flexibility index (Phi) is 5.14. The fourth-order valence-electron chi connectivity index (χ4n) is 4.18. The Morgan fingerprint density at radius 3 is 2.71 bits per heavy atom. The standard InChI is InChI=1S/C26H23N9/c1-15(2)32-18-9-16(11-27-13-18)17-10-19-22(30-12-17)14-31-35-23(19)26-33-21-6-8-29-24(25(21)34-26)20-5-3-4-7-28-20/h3-13,15,31-32H,14H2,1-2H3,(H,33,34). The second kappa shape index (κ2) is 8.60. The molecule has 3 N–H and O–H groups in total. The van der Waals surface area contributed by atoms with E-state index in [0.717, 1.165) is 50.5 Å². The monoisotopic (exact) mass is 461 g/mol. The third-order valence-electron chi connectivity index (χ3n) is 5.72. The van der Waals surface area contributed by atoms with Crippen LogP contribution in [0.4, 0.5) is 5.69 Å². The highest BCUT2D eigenvalue weighted by Crippen LogP contribution is 2.28. The molecular weight excluding hydrogens is 438 g/mol. The van der Waals surface area contributed by atoms with Gasteiger partial charge in [-0.05, 0) is 44.2 Å². The zero-order valence-corrected chi connectivity index (χ0v) is 19.3. The molecule has 0 amide bonds. The average molecular weight is 462 g/mol. The lowest BCUT2D eigenvalue weighted by atomic mass is 10.0. The number of imidazole rings is 1. The van der Waals surface area contributed by atoms with E-state index in [-0.39, 0.29) is 0 Å². The molecule has 9 heteroatoms. The van der Waals surface area contributed by atoms with Gasteiger partial charge in [-0.2, -0.15) is 5.10 Å². The van der Waals surface area contributed by atoms with Crippen LogP contribution in [0.2, 0.25) is 0 Å². The van der Waals surface area contributed by atoms with E-state index in [1.54, 1.807) is 12.4 Å². The lowest BCUT2D eigenvalue weighted by molar-refractivity contribution is 0.709. The van der Waals surface area contributed by atoms with Crippen LogP contribution in [0.1, 0.15) is 30.9 Å². The SMILES string of the molecule is CC(C)Nc1cncc(-c2cnc3c(c2)C(c2nc4c(-c5ccccn5)nccc4[nH]2)=NNC3)c1. The van der Waals surface area contributed by atoms with Crippen molar-refractivity contribution in [2.24, 2.45) is 5.10 Å². The highest BCUT2D eigenvalue weighted by molar-refractivity contribution is 6.13. The molecule has 9 nitrogen and oxygen atoms in total. The zero-order chi connectivity index (χ0) is 23.8. The van der Waals surface area contributed by atoms with Gasteiger partial charge in [0.15, 0.2) is 5.82 Å². The molecule has 0 fully saturated rings. The summed E-state index contributed by atoms with van der Waals surface area (Å²) < 4.78 is 0. The Bertz CT molecular complexity index is 1550. The summed E-state index contributed by atoms with van der Waals surface area (Å²) in [5.41, 5.74) is 11.6. The number of aromatic amines is 1. The van der Waals surface area contributed by atoms with Crippen LogP contribution in [0.5, 0.6) is 0 Å². The number of rotatable bonds is 5. The van der Waals surface area contributed by atoms with Crippen LogP contribution < -0.4 is 10.7 Å². The number of nitrogens with zero attached hydrogens (tertiary/aromatic N) is 6. The molecule has 0 aliphatic carbocycles. The molecule has 0 saturated heterocycles. The predicted octanol–water partition coefficient (Wildman–Crippen LogP) is 4.15. The van der Waals surface area contributed by atoms with Crippen LogP contribution in [-0.4, -0.2) is 41.7 Å². The van der Waals surface area contributed by atoms with Crippen molar-refractivity contribution in [1.82, 2.24) is 35.3 Å². The van der Waals surface area contributed by atoms with E-state index < -0.39 is 0 Å². The fourth-order valence-corrected chi connectivity index (χ4v) is 4.18. The fraction of sp³-hybridized carbons (Fsp3) is 0.154. The molecule has 0 saturated carbocycles. The minimum Gasteiger partial charge on any atom is -0.382 e. The Morgan fingerprint density at radius 2 is 1.86 bits per heavy atom. The molecular formula is C26H23N9. The molecule has 0 aromatic carbocycles. The Morgan fingerprint density at radius 1 is 0.943 bits per heavy atom. The molecule has 1 aliphatic heterocycles. The van der Waals surface area contributed by atoms with Crippen molar-refractivity contribution in [1.29, 1.82) is 0 Å². The third kappa shape index (κ3) is 3.97. The lowest BCUT2D eigenvalue weighted by Gasteiger charge is -2.17. The normalized spacial score (nSPS) is 12.8. The number of pyridine rings is 4. The predicted molar refractivity (Wildman–Crippen MR) is 136 cm³/mol. The minimum atomic E-state index is 0.317. The van der Waals surface area contributed by atoms with Crippen molar-refractivity contribution >= 4 is 22.4 Å². The van der Waals surface area contributed by atoms with E-state index in [0.29, 0.717) is 24.1 Å². The topological polar surface area (TPSA) is 117 Å². The first-order chi connectivity index (χ1) is 17.2. The van der Waals surface area contributed by atoms with Crippen LogP contribution in [-0.2, 0) is 6.54 Å². The number of anilines is 1. The molecule has 6 heterocycles. The molecule has 5 aromatic heterocycles. The largest absolute Gasteiger partial charge is 0.382 e. The van der Waals surface area contributed by atoms with Crippen molar-refractivity contribution in [2.75, 3.05) is 5.32 Å². The summed E-state index contributed by atoms with van der Waals surface area (Å²) >= 11 is 0. The van der Waals surface area contributed by atoms with E-state index in [1.165, 1.54) is 0 Å². The molecule has 0 radical (unpaired) electrons. The number of H-pyrrole nitrogens is 1. The molecule has 0 spiro atoms. The second-order valence-corrected chi connectivity index (χ2v) is 8.63. The Labute approximate surface area is 201 Å². The third-order valence-corrected chi connectivity index (χ3v) is 5.72. The van der Waals surface area contributed by atoms with Crippen LogP contribution in [0.3, 0.4) is 0 Å².